The van der Waals surface area contributed by atoms with Gasteiger partial charge in [0.1, 0.15) is 0 Å². The molecule has 0 saturated heterocycles. The molecule has 1 fully saturated rings. The molecule has 1 aliphatic carbocycles. The van der Waals surface area contributed by atoms with Gasteiger partial charge in [-0.2, -0.15) is 0 Å². The maximum Gasteiger partial charge on any atom is 0.307 e. The Morgan fingerprint density at radius 2 is 2.29 bits per heavy atom. The van der Waals surface area contributed by atoms with Crippen LogP contribution in [0.3, 0.4) is 0 Å². The molecule has 2 aliphatic rings. The van der Waals surface area contributed by atoms with E-state index < -0.39 is 11.4 Å². The summed E-state index contributed by atoms with van der Waals surface area (Å²) in [7, 11) is 0. The fraction of sp³-hybridized carbons (Fsp3) is 0.500. The topological polar surface area (TPSA) is 66.8 Å². The zero-order valence-electron chi connectivity index (χ0n) is 12.2. The maximum atomic E-state index is 11.3. The molecule has 1 spiro atoms. The van der Waals surface area contributed by atoms with Crippen LogP contribution in [0, 0.1) is 5.92 Å². The molecule has 112 valence electrons. The monoisotopic (exact) mass is 289 g/mol. The number of carbonyl (C=O) groups excluding carboxylic acids is 1. The van der Waals surface area contributed by atoms with Crippen molar-refractivity contribution in [2.75, 3.05) is 11.5 Å². The molecule has 1 aromatic carbocycles. The summed E-state index contributed by atoms with van der Waals surface area (Å²) < 4.78 is 5.58. The van der Waals surface area contributed by atoms with Gasteiger partial charge in [-0.25, -0.2) is 0 Å². The normalized spacial score (nSPS) is 26.5. The van der Waals surface area contributed by atoms with Crippen molar-refractivity contribution in [3.8, 4) is 0 Å². The fourth-order valence-corrected chi connectivity index (χ4v) is 3.30. The highest BCUT2D eigenvalue weighted by Crippen LogP contribution is 2.57. The van der Waals surface area contributed by atoms with Gasteiger partial charge in [0.15, 0.2) is 0 Å². The second-order valence-corrected chi connectivity index (χ2v) is 6.19. The van der Waals surface area contributed by atoms with Crippen LogP contribution in [0.4, 0.5) is 5.69 Å². The van der Waals surface area contributed by atoms with Gasteiger partial charge in [-0.15, -0.1) is 0 Å². The van der Waals surface area contributed by atoms with Crippen molar-refractivity contribution >= 4 is 18.1 Å². The second kappa shape index (κ2) is 4.84. The van der Waals surface area contributed by atoms with Gasteiger partial charge in [0.05, 0.1) is 19.1 Å². The Kier molecular flexibility index (Phi) is 3.24. The van der Waals surface area contributed by atoms with E-state index in [1.54, 1.807) is 4.90 Å². The summed E-state index contributed by atoms with van der Waals surface area (Å²) in [4.78, 5) is 24.2. The molecule has 1 aromatic rings. The van der Waals surface area contributed by atoms with Crippen molar-refractivity contribution in [2.45, 2.75) is 38.3 Å². The second-order valence-electron chi connectivity index (χ2n) is 6.19. The first-order chi connectivity index (χ1) is 9.99. The third-order valence-electron chi connectivity index (χ3n) is 4.59. The Labute approximate surface area is 123 Å². The predicted octanol–water partition coefficient (Wildman–Crippen LogP) is 1.93. The zero-order valence-corrected chi connectivity index (χ0v) is 12.2. The average Bonchev–Trinajstić information content (AvgIpc) is 3.15. The highest BCUT2D eigenvalue weighted by Gasteiger charge is 2.61. The molecular formula is C16H19NO4. The lowest BCUT2D eigenvalue weighted by Gasteiger charge is -2.29. The fourth-order valence-electron chi connectivity index (χ4n) is 3.30. The first-order valence-corrected chi connectivity index (χ1v) is 7.17. The molecule has 1 amide bonds. The molecule has 21 heavy (non-hydrogen) atoms. The third-order valence-corrected chi connectivity index (χ3v) is 4.59. The highest BCUT2D eigenvalue weighted by molar-refractivity contribution is 5.80. The summed E-state index contributed by atoms with van der Waals surface area (Å²) in [6.45, 7) is 4.85. The quantitative estimate of drug-likeness (QED) is 0.860. The van der Waals surface area contributed by atoms with Crippen LogP contribution in [0.2, 0.25) is 0 Å². The molecule has 0 radical (unpaired) electrons. The van der Waals surface area contributed by atoms with Gasteiger partial charge >= 0.3 is 5.97 Å². The van der Waals surface area contributed by atoms with Crippen LogP contribution < -0.4 is 4.90 Å². The van der Waals surface area contributed by atoms with Crippen LogP contribution in [0.25, 0.3) is 0 Å². The van der Waals surface area contributed by atoms with Gasteiger partial charge in [-0.05, 0) is 43.5 Å². The molecule has 2 unspecified atom stereocenters. The SMILES string of the molecule is CC(C)N(C=O)c1ccc2c(c1)C1(COC2)CC1C(=O)O. The van der Waals surface area contributed by atoms with Crippen LogP contribution in [0.15, 0.2) is 18.2 Å². The van der Waals surface area contributed by atoms with E-state index in [2.05, 4.69) is 0 Å². The number of ether oxygens (including phenoxy) is 1. The predicted molar refractivity (Wildman–Crippen MR) is 77.2 cm³/mol. The van der Waals surface area contributed by atoms with Gasteiger partial charge in [0, 0.05) is 17.1 Å². The Morgan fingerprint density at radius 1 is 1.52 bits per heavy atom. The Balaban J connectivity index is 2.02. The largest absolute Gasteiger partial charge is 0.481 e. The number of hydrogen-bond donors (Lipinski definition) is 1. The summed E-state index contributed by atoms with van der Waals surface area (Å²) in [6.07, 6.45) is 1.43. The first-order valence-electron chi connectivity index (χ1n) is 7.17. The minimum atomic E-state index is -0.770. The maximum absolute atomic E-state index is 11.3. The number of aliphatic carboxylic acids is 1. The van der Waals surface area contributed by atoms with Gasteiger partial charge in [0.2, 0.25) is 6.41 Å². The molecule has 1 aliphatic heterocycles. The summed E-state index contributed by atoms with van der Waals surface area (Å²) >= 11 is 0. The Bertz CT molecular complexity index is 598. The third kappa shape index (κ3) is 2.12. The summed E-state index contributed by atoms with van der Waals surface area (Å²) in [5, 5.41) is 9.29. The van der Waals surface area contributed by atoms with Crippen LogP contribution in [-0.2, 0) is 26.3 Å². The number of fused-ring (bicyclic) bond motifs is 2. The molecular weight excluding hydrogens is 270 g/mol. The first kappa shape index (κ1) is 14.1. The van der Waals surface area contributed by atoms with Crippen LogP contribution in [0.1, 0.15) is 31.4 Å². The molecule has 5 nitrogen and oxygen atoms in total. The Morgan fingerprint density at radius 3 is 2.86 bits per heavy atom. The van der Waals surface area contributed by atoms with Gasteiger partial charge in [0.25, 0.3) is 0 Å². The van der Waals surface area contributed by atoms with Crippen LogP contribution in [0.5, 0.6) is 0 Å². The van der Waals surface area contributed by atoms with Gasteiger partial charge in [-0.3, -0.25) is 9.59 Å². The molecule has 5 heteroatoms. The number of carboxylic acid groups (broad SMARTS) is 1. The number of carboxylic acids is 1. The van der Waals surface area contributed by atoms with Gasteiger partial charge in [-0.1, -0.05) is 6.07 Å². The van der Waals surface area contributed by atoms with Crippen LogP contribution >= 0.6 is 0 Å². The van der Waals surface area contributed by atoms with Gasteiger partial charge < -0.3 is 14.7 Å². The summed E-state index contributed by atoms with van der Waals surface area (Å²) in [5.74, 6) is -1.15. The van der Waals surface area contributed by atoms with E-state index in [1.165, 1.54) is 0 Å². The average molecular weight is 289 g/mol. The Hall–Kier alpha value is -1.88. The van der Waals surface area contributed by atoms with Crippen molar-refractivity contribution in [1.82, 2.24) is 0 Å². The summed E-state index contributed by atoms with van der Waals surface area (Å²) in [6, 6.07) is 5.87. The zero-order chi connectivity index (χ0) is 15.2. The molecule has 1 N–H and O–H groups in total. The molecule has 3 rings (SSSR count). The number of hydrogen-bond acceptors (Lipinski definition) is 3. The molecule has 2 atom stereocenters. The smallest absolute Gasteiger partial charge is 0.307 e. The minimum absolute atomic E-state index is 0.0609. The van der Waals surface area contributed by atoms with E-state index >= 15 is 0 Å². The standard InChI is InChI=1S/C16H19NO4/c1-10(2)17(9-18)12-4-3-11-7-21-8-16(13(11)5-12)6-14(16)15(19)20/h3-5,9-10,14H,6-8H2,1-2H3,(H,19,20). The molecule has 0 aromatic heterocycles. The van der Waals surface area contributed by atoms with E-state index in [9.17, 15) is 14.7 Å². The lowest BCUT2D eigenvalue weighted by Crippen LogP contribution is -2.31. The molecule has 1 heterocycles. The van der Waals surface area contributed by atoms with Crippen molar-refractivity contribution in [3.63, 3.8) is 0 Å². The number of amides is 1. The van der Waals surface area contributed by atoms with E-state index in [0.29, 0.717) is 19.6 Å². The minimum Gasteiger partial charge on any atom is -0.481 e. The lowest BCUT2D eigenvalue weighted by molar-refractivity contribution is -0.139. The molecule has 1 saturated carbocycles. The van der Waals surface area contributed by atoms with Crippen molar-refractivity contribution in [1.29, 1.82) is 0 Å². The summed E-state index contributed by atoms with van der Waals surface area (Å²) in [5.41, 5.74) is 2.48. The van der Waals surface area contributed by atoms with Crippen LogP contribution in [-0.4, -0.2) is 30.1 Å². The highest BCUT2D eigenvalue weighted by atomic mass is 16.5. The number of benzene rings is 1. The van der Waals surface area contributed by atoms with E-state index in [-0.39, 0.29) is 12.0 Å². The van der Waals surface area contributed by atoms with Crippen molar-refractivity contribution in [3.05, 3.63) is 29.3 Å². The number of carbonyl (C=O) groups is 2. The van der Waals surface area contributed by atoms with Crippen molar-refractivity contribution in [2.24, 2.45) is 5.92 Å². The van der Waals surface area contributed by atoms with E-state index in [0.717, 1.165) is 23.2 Å². The number of rotatable bonds is 4. The van der Waals surface area contributed by atoms with E-state index in [4.69, 9.17) is 4.74 Å². The lowest BCUT2D eigenvalue weighted by atomic mass is 9.87. The number of anilines is 1. The number of nitrogens with zero attached hydrogens (tertiary/aromatic N) is 1. The van der Waals surface area contributed by atoms with Crippen molar-refractivity contribution < 1.29 is 19.4 Å². The van der Waals surface area contributed by atoms with E-state index in [1.807, 2.05) is 32.0 Å². The molecule has 0 bridgehead atoms.